The molecule has 0 aliphatic heterocycles. The maximum absolute atomic E-state index is 12.7. The highest BCUT2D eigenvalue weighted by Crippen LogP contribution is 2.35. The van der Waals surface area contributed by atoms with Gasteiger partial charge in [0.2, 0.25) is 0 Å². The summed E-state index contributed by atoms with van der Waals surface area (Å²) in [6.45, 7) is 1.91. The lowest BCUT2D eigenvalue weighted by Gasteiger charge is -2.14. The van der Waals surface area contributed by atoms with Crippen molar-refractivity contribution >= 4 is 57.5 Å². The number of amides is 1. The van der Waals surface area contributed by atoms with E-state index < -0.39 is 10.8 Å². The van der Waals surface area contributed by atoms with Gasteiger partial charge in [-0.05, 0) is 76.5 Å². The van der Waals surface area contributed by atoms with Gasteiger partial charge < -0.3 is 14.8 Å². The first-order valence-electron chi connectivity index (χ1n) is 10.1. The van der Waals surface area contributed by atoms with E-state index in [1.54, 1.807) is 42.5 Å². The molecular weight excluding hydrogens is 585 g/mol. The van der Waals surface area contributed by atoms with Crippen molar-refractivity contribution in [3.8, 4) is 17.6 Å². The normalized spacial score (nSPS) is 10.9. The first kappa shape index (κ1) is 26.0. The second-order valence-electron chi connectivity index (χ2n) is 7.33. The van der Waals surface area contributed by atoms with Gasteiger partial charge in [-0.3, -0.25) is 14.9 Å². The molecule has 8 nitrogen and oxygen atoms in total. The molecular formula is C25H19ClIN3O5. The van der Waals surface area contributed by atoms with Gasteiger partial charge in [0.25, 0.3) is 11.6 Å². The summed E-state index contributed by atoms with van der Waals surface area (Å²) < 4.78 is 12.0. The fourth-order valence-electron chi connectivity index (χ4n) is 3.11. The Bertz CT molecular complexity index is 1370. The predicted molar refractivity (Wildman–Crippen MR) is 142 cm³/mol. The third kappa shape index (κ3) is 6.71. The molecule has 178 valence electrons. The fraction of sp³-hybridized carbons (Fsp3) is 0.120. The van der Waals surface area contributed by atoms with Crippen LogP contribution in [0.2, 0.25) is 5.02 Å². The van der Waals surface area contributed by atoms with Crippen molar-refractivity contribution < 1.29 is 19.2 Å². The number of anilines is 1. The van der Waals surface area contributed by atoms with E-state index in [0.29, 0.717) is 36.9 Å². The van der Waals surface area contributed by atoms with E-state index in [1.165, 1.54) is 25.3 Å². The van der Waals surface area contributed by atoms with E-state index in [-0.39, 0.29) is 17.9 Å². The van der Waals surface area contributed by atoms with Crippen LogP contribution >= 0.6 is 34.2 Å². The minimum Gasteiger partial charge on any atom is -0.493 e. The van der Waals surface area contributed by atoms with Gasteiger partial charge in [0, 0.05) is 22.8 Å². The van der Waals surface area contributed by atoms with Crippen molar-refractivity contribution in [3.05, 3.63) is 95.6 Å². The maximum atomic E-state index is 12.7. The number of halogens is 2. The Labute approximate surface area is 220 Å². The van der Waals surface area contributed by atoms with Crippen LogP contribution in [0.5, 0.6) is 11.5 Å². The Morgan fingerprint density at radius 1 is 1.26 bits per heavy atom. The van der Waals surface area contributed by atoms with E-state index in [4.69, 9.17) is 21.1 Å². The van der Waals surface area contributed by atoms with Crippen LogP contribution in [0.3, 0.4) is 0 Å². The van der Waals surface area contributed by atoms with E-state index in [1.807, 2.05) is 13.0 Å². The summed E-state index contributed by atoms with van der Waals surface area (Å²) in [5.74, 6) is 0.254. The molecule has 0 aliphatic carbocycles. The van der Waals surface area contributed by atoms with Gasteiger partial charge in [0.1, 0.15) is 18.2 Å². The first-order valence-corrected chi connectivity index (χ1v) is 11.6. The van der Waals surface area contributed by atoms with Gasteiger partial charge in [-0.25, -0.2) is 0 Å². The van der Waals surface area contributed by atoms with Crippen LogP contribution in [-0.2, 0) is 11.4 Å². The molecule has 0 saturated heterocycles. The number of hydrogen-bond donors (Lipinski definition) is 1. The topological polar surface area (TPSA) is 114 Å². The summed E-state index contributed by atoms with van der Waals surface area (Å²) in [6, 6.07) is 16.6. The number of ether oxygens (including phenoxy) is 2. The molecule has 0 aromatic heterocycles. The number of rotatable bonds is 8. The Kier molecular flexibility index (Phi) is 8.68. The van der Waals surface area contributed by atoms with Crippen LogP contribution in [0.4, 0.5) is 11.4 Å². The minimum atomic E-state index is -0.571. The zero-order chi connectivity index (χ0) is 25.5. The minimum absolute atomic E-state index is 0.0245. The van der Waals surface area contributed by atoms with Crippen molar-refractivity contribution in [3.63, 3.8) is 0 Å². The number of nitrogens with zero attached hydrogens (tertiary/aromatic N) is 2. The number of benzene rings is 3. The highest BCUT2D eigenvalue weighted by Gasteiger charge is 2.15. The molecule has 1 N–H and O–H groups in total. The maximum Gasteiger partial charge on any atom is 0.269 e. The molecule has 0 bridgehead atoms. The fourth-order valence-corrected chi connectivity index (χ4v) is 4.07. The zero-order valence-corrected chi connectivity index (χ0v) is 21.6. The molecule has 3 rings (SSSR count). The van der Waals surface area contributed by atoms with E-state index in [2.05, 4.69) is 27.9 Å². The molecule has 10 heteroatoms. The summed E-state index contributed by atoms with van der Waals surface area (Å²) in [4.78, 5) is 23.2. The van der Waals surface area contributed by atoms with Crippen LogP contribution in [0.25, 0.3) is 6.08 Å². The summed E-state index contributed by atoms with van der Waals surface area (Å²) in [5.41, 5.74) is 2.38. The second-order valence-corrected chi connectivity index (χ2v) is 8.93. The number of nitrogens with one attached hydrogen (secondary N) is 1. The van der Waals surface area contributed by atoms with Crippen LogP contribution in [0.1, 0.15) is 16.7 Å². The van der Waals surface area contributed by atoms with Crippen LogP contribution in [0, 0.1) is 31.9 Å². The SMILES string of the molecule is COc1cc(/C=C(\C#N)C(=O)Nc2cc(Cl)ccc2C)cc(I)c1OCc1cccc([N+](=O)[O-])c1. The molecule has 35 heavy (non-hydrogen) atoms. The number of carbonyl (C=O) groups is 1. The molecule has 0 heterocycles. The number of aryl methyl sites for hydroxylation is 1. The third-order valence-electron chi connectivity index (χ3n) is 4.88. The Morgan fingerprint density at radius 2 is 2.03 bits per heavy atom. The number of nitriles is 1. The van der Waals surface area contributed by atoms with Crippen LogP contribution in [0.15, 0.2) is 60.2 Å². The quantitative estimate of drug-likeness (QED) is 0.106. The van der Waals surface area contributed by atoms with Gasteiger partial charge >= 0.3 is 0 Å². The van der Waals surface area contributed by atoms with Gasteiger partial charge in [0.05, 0.1) is 15.6 Å². The standard InChI is InChI=1S/C25H19ClIN3O5/c1-15-6-7-19(26)12-22(15)29-25(31)18(13-28)8-17-10-21(27)24(23(11-17)34-2)35-14-16-4-3-5-20(9-16)30(32)33/h3-12H,14H2,1-2H3,(H,29,31)/b18-8+. The van der Waals surface area contributed by atoms with Gasteiger partial charge in [-0.1, -0.05) is 29.8 Å². The van der Waals surface area contributed by atoms with Crippen molar-refractivity contribution in [2.24, 2.45) is 0 Å². The molecule has 3 aromatic carbocycles. The number of methoxy groups -OCH3 is 1. The highest BCUT2D eigenvalue weighted by molar-refractivity contribution is 14.1. The number of nitro groups is 1. The molecule has 0 saturated carbocycles. The van der Waals surface area contributed by atoms with E-state index in [0.717, 1.165) is 5.56 Å². The molecule has 0 radical (unpaired) electrons. The van der Waals surface area contributed by atoms with Crippen molar-refractivity contribution in [1.82, 2.24) is 0 Å². The van der Waals surface area contributed by atoms with Gasteiger partial charge in [-0.2, -0.15) is 5.26 Å². The molecule has 0 spiro atoms. The predicted octanol–water partition coefficient (Wildman–Crippen LogP) is 6.29. The Balaban J connectivity index is 1.83. The number of nitro benzene ring substituents is 1. The van der Waals surface area contributed by atoms with E-state index in [9.17, 15) is 20.2 Å². The van der Waals surface area contributed by atoms with Crippen molar-refractivity contribution in [1.29, 1.82) is 5.26 Å². The highest BCUT2D eigenvalue weighted by atomic mass is 127. The van der Waals surface area contributed by atoms with Gasteiger partial charge in [0.15, 0.2) is 11.5 Å². The molecule has 3 aromatic rings. The molecule has 1 amide bonds. The number of hydrogen-bond acceptors (Lipinski definition) is 6. The molecule has 0 atom stereocenters. The lowest BCUT2D eigenvalue weighted by molar-refractivity contribution is -0.384. The average Bonchev–Trinajstić information content (AvgIpc) is 2.83. The lowest BCUT2D eigenvalue weighted by Crippen LogP contribution is -2.14. The monoisotopic (exact) mass is 603 g/mol. The average molecular weight is 604 g/mol. The van der Waals surface area contributed by atoms with Crippen molar-refractivity contribution in [2.45, 2.75) is 13.5 Å². The molecule has 0 unspecified atom stereocenters. The van der Waals surface area contributed by atoms with Crippen LogP contribution < -0.4 is 14.8 Å². The summed E-state index contributed by atoms with van der Waals surface area (Å²) in [6.07, 6.45) is 1.45. The third-order valence-corrected chi connectivity index (χ3v) is 5.92. The smallest absolute Gasteiger partial charge is 0.269 e. The van der Waals surface area contributed by atoms with E-state index >= 15 is 0 Å². The second kappa shape index (κ2) is 11.7. The summed E-state index contributed by atoms with van der Waals surface area (Å²) in [5, 5.41) is 23.7. The number of non-ortho nitro benzene ring substituents is 1. The molecule has 0 fully saturated rings. The first-order chi connectivity index (χ1) is 16.7. The van der Waals surface area contributed by atoms with Crippen LogP contribution in [-0.4, -0.2) is 17.9 Å². The van der Waals surface area contributed by atoms with Gasteiger partial charge in [-0.15, -0.1) is 0 Å². The summed E-state index contributed by atoms with van der Waals surface area (Å²) in [7, 11) is 1.47. The number of carbonyl (C=O) groups excluding carboxylic acids is 1. The Hall–Kier alpha value is -3.62. The Morgan fingerprint density at radius 3 is 2.71 bits per heavy atom. The largest absolute Gasteiger partial charge is 0.493 e. The lowest BCUT2D eigenvalue weighted by atomic mass is 10.1. The molecule has 0 aliphatic rings. The van der Waals surface area contributed by atoms with Crippen molar-refractivity contribution in [2.75, 3.05) is 12.4 Å². The summed E-state index contributed by atoms with van der Waals surface area (Å²) >= 11 is 8.07. The zero-order valence-electron chi connectivity index (χ0n) is 18.7.